The first-order valence-electron chi connectivity index (χ1n) is 7.47. The minimum atomic E-state index is -0.0132. The zero-order valence-electron chi connectivity index (χ0n) is 12.9. The molecule has 0 aliphatic carbocycles. The van der Waals surface area contributed by atoms with Gasteiger partial charge in [-0.3, -0.25) is 4.79 Å². The summed E-state index contributed by atoms with van der Waals surface area (Å²) in [5, 5.41) is 6.32. The smallest absolute Gasteiger partial charge is 0.228 e. The standard InChI is InChI=1S/C18H21BrN2O/c1-3-13(2)20-16-7-9-17(10-8-16)21-18(22)12-14-5-4-6-15(19)11-14/h4-11,13,20H,3,12H2,1-2H3,(H,21,22). The maximum Gasteiger partial charge on any atom is 0.228 e. The lowest BCUT2D eigenvalue weighted by Gasteiger charge is -2.13. The lowest BCUT2D eigenvalue weighted by atomic mass is 10.1. The minimum Gasteiger partial charge on any atom is -0.383 e. The average molecular weight is 361 g/mol. The van der Waals surface area contributed by atoms with Gasteiger partial charge in [-0.2, -0.15) is 0 Å². The van der Waals surface area contributed by atoms with E-state index in [1.54, 1.807) is 0 Å². The number of benzene rings is 2. The molecule has 0 aliphatic heterocycles. The fraction of sp³-hybridized carbons (Fsp3) is 0.278. The van der Waals surface area contributed by atoms with E-state index in [1.165, 1.54) is 0 Å². The van der Waals surface area contributed by atoms with Gasteiger partial charge in [0.1, 0.15) is 0 Å². The second-order valence-electron chi connectivity index (χ2n) is 5.39. The fourth-order valence-electron chi connectivity index (χ4n) is 2.07. The van der Waals surface area contributed by atoms with Crippen LogP contribution in [0.2, 0.25) is 0 Å². The van der Waals surface area contributed by atoms with Crippen LogP contribution in [-0.2, 0) is 11.2 Å². The molecule has 0 radical (unpaired) electrons. The van der Waals surface area contributed by atoms with Crippen molar-refractivity contribution in [3.8, 4) is 0 Å². The van der Waals surface area contributed by atoms with E-state index in [9.17, 15) is 4.79 Å². The number of hydrogen-bond donors (Lipinski definition) is 2. The molecule has 0 saturated carbocycles. The van der Waals surface area contributed by atoms with Crippen LogP contribution >= 0.6 is 15.9 Å². The maximum absolute atomic E-state index is 12.1. The summed E-state index contributed by atoms with van der Waals surface area (Å²) in [5.41, 5.74) is 2.87. The van der Waals surface area contributed by atoms with Crippen molar-refractivity contribution >= 4 is 33.2 Å². The van der Waals surface area contributed by atoms with Gasteiger partial charge in [0.15, 0.2) is 0 Å². The fourth-order valence-corrected chi connectivity index (χ4v) is 2.52. The Morgan fingerprint density at radius 3 is 2.45 bits per heavy atom. The number of amides is 1. The summed E-state index contributed by atoms with van der Waals surface area (Å²) in [4.78, 5) is 12.1. The van der Waals surface area contributed by atoms with Crippen LogP contribution in [0.15, 0.2) is 53.0 Å². The van der Waals surface area contributed by atoms with Gasteiger partial charge in [-0.05, 0) is 55.3 Å². The van der Waals surface area contributed by atoms with E-state index in [2.05, 4.69) is 40.4 Å². The summed E-state index contributed by atoms with van der Waals surface area (Å²) in [7, 11) is 0. The van der Waals surface area contributed by atoms with Crippen molar-refractivity contribution in [3.63, 3.8) is 0 Å². The van der Waals surface area contributed by atoms with Gasteiger partial charge in [0.05, 0.1) is 6.42 Å². The molecule has 3 nitrogen and oxygen atoms in total. The van der Waals surface area contributed by atoms with Gasteiger partial charge in [-0.15, -0.1) is 0 Å². The van der Waals surface area contributed by atoms with Crippen LogP contribution in [0, 0.1) is 0 Å². The molecule has 1 amide bonds. The Kier molecular flexibility index (Phi) is 6.01. The minimum absolute atomic E-state index is 0.0132. The SMILES string of the molecule is CCC(C)Nc1ccc(NC(=O)Cc2cccc(Br)c2)cc1. The van der Waals surface area contributed by atoms with Crippen LogP contribution < -0.4 is 10.6 Å². The van der Waals surface area contributed by atoms with Gasteiger partial charge in [0.2, 0.25) is 5.91 Å². The number of hydrogen-bond acceptors (Lipinski definition) is 2. The predicted octanol–water partition coefficient (Wildman–Crippen LogP) is 4.84. The highest BCUT2D eigenvalue weighted by atomic mass is 79.9. The Morgan fingerprint density at radius 2 is 1.82 bits per heavy atom. The molecule has 0 saturated heterocycles. The first-order valence-corrected chi connectivity index (χ1v) is 8.27. The molecule has 22 heavy (non-hydrogen) atoms. The quantitative estimate of drug-likeness (QED) is 0.773. The number of carbonyl (C=O) groups excluding carboxylic acids is 1. The lowest BCUT2D eigenvalue weighted by Crippen LogP contribution is -2.15. The van der Waals surface area contributed by atoms with Crippen molar-refractivity contribution in [3.05, 3.63) is 58.6 Å². The Labute approximate surface area is 140 Å². The van der Waals surface area contributed by atoms with Crippen molar-refractivity contribution in [2.24, 2.45) is 0 Å². The first kappa shape index (κ1) is 16.6. The highest BCUT2D eigenvalue weighted by Crippen LogP contribution is 2.16. The molecule has 1 unspecified atom stereocenters. The largest absolute Gasteiger partial charge is 0.383 e. The van der Waals surface area contributed by atoms with Crippen LogP contribution in [0.4, 0.5) is 11.4 Å². The molecule has 1 atom stereocenters. The highest BCUT2D eigenvalue weighted by molar-refractivity contribution is 9.10. The van der Waals surface area contributed by atoms with Crippen LogP contribution in [0.5, 0.6) is 0 Å². The van der Waals surface area contributed by atoms with Crippen LogP contribution in [0.1, 0.15) is 25.8 Å². The third-order valence-electron chi connectivity index (χ3n) is 3.45. The predicted molar refractivity (Wildman–Crippen MR) is 96.3 cm³/mol. The van der Waals surface area contributed by atoms with E-state index in [-0.39, 0.29) is 5.91 Å². The van der Waals surface area contributed by atoms with E-state index in [1.807, 2.05) is 48.5 Å². The van der Waals surface area contributed by atoms with Crippen LogP contribution in [0.3, 0.4) is 0 Å². The first-order chi connectivity index (χ1) is 10.6. The zero-order valence-corrected chi connectivity index (χ0v) is 14.5. The van der Waals surface area contributed by atoms with Crippen LogP contribution in [-0.4, -0.2) is 11.9 Å². The lowest BCUT2D eigenvalue weighted by molar-refractivity contribution is -0.115. The van der Waals surface area contributed by atoms with E-state index >= 15 is 0 Å². The Hall–Kier alpha value is -1.81. The Bertz CT molecular complexity index is 625. The van der Waals surface area contributed by atoms with E-state index in [4.69, 9.17) is 0 Å². The molecule has 0 heterocycles. The second kappa shape index (κ2) is 7.99. The summed E-state index contributed by atoms with van der Waals surface area (Å²) < 4.78 is 0.985. The van der Waals surface area contributed by atoms with Gasteiger partial charge in [0, 0.05) is 21.9 Å². The van der Waals surface area contributed by atoms with Crippen molar-refractivity contribution < 1.29 is 4.79 Å². The number of anilines is 2. The third kappa shape index (κ3) is 5.19. The number of carbonyl (C=O) groups is 1. The molecule has 2 N–H and O–H groups in total. The van der Waals surface area contributed by atoms with E-state index in [0.717, 1.165) is 27.8 Å². The zero-order chi connectivity index (χ0) is 15.9. The second-order valence-corrected chi connectivity index (χ2v) is 6.30. The Morgan fingerprint density at radius 1 is 1.14 bits per heavy atom. The molecule has 0 bridgehead atoms. The molecule has 116 valence electrons. The molecule has 2 aromatic carbocycles. The van der Waals surface area contributed by atoms with Gasteiger partial charge >= 0.3 is 0 Å². The molecule has 0 spiro atoms. The van der Waals surface area contributed by atoms with Gasteiger partial charge in [0.25, 0.3) is 0 Å². The van der Waals surface area contributed by atoms with Crippen molar-refractivity contribution in [1.29, 1.82) is 0 Å². The molecular weight excluding hydrogens is 340 g/mol. The third-order valence-corrected chi connectivity index (χ3v) is 3.94. The molecule has 4 heteroatoms. The topological polar surface area (TPSA) is 41.1 Å². The van der Waals surface area contributed by atoms with Crippen molar-refractivity contribution in [2.45, 2.75) is 32.7 Å². The molecule has 0 aromatic heterocycles. The summed E-state index contributed by atoms with van der Waals surface area (Å²) in [6, 6.07) is 16.0. The average Bonchev–Trinajstić information content (AvgIpc) is 2.49. The van der Waals surface area contributed by atoms with Crippen molar-refractivity contribution in [2.75, 3.05) is 10.6 Å². The van der Waals surface area contributed by atoms with Gasteiger partial charge in [-0.1, -0.05) is 35.0 Å². The Balaban J connectivity index is 1.91. The summed E-state index contributed by atoms with van der Waals surface area (Å²) in [5.74, 6) is -0.0132. The number of nitrogens with one attached hydrogen (secondary N) is 2. The molecular formula is C18H21BrN2O. The number of halogens is 1. The maximum atomic E-state index is 12.1. The van der Waals surface area contributed by atoms with Gasteiger partial charge < -0.3 is 10.6 Å². The summed E-state index contributed by atoms with van der Waals surface area (Å²) in [6.45, 7) is 4.29. The summed E-state index contributed by atoms with van der Waals surface area (Å²) in [6.07, 6.45) is 1.44. The molecule has 2 aromatic rings. The van der Waals surface area contributed by atoms with Crippen molar-refractivity contribution in [1.82, 2.24) is 0 Å². The highest BCUT2D eigenvalue weighted by Gasteiger charge is 2.05. The molecule has 2 rings (SSSR count). The molecule has 0 fully saturated rings. The number of rotatable bonds is 6. The monoisotopic (exact) mass is 360 g/mol. The van der Waals surface area contributed by atoms with Gasteiger partial charge in [-0.25, -0.2) is 0 Å². The normalized spacial score (nSPS) is 11.8. The molecule has 0 aliphatic rings. The van der Waals surface area contributed by atoms with E-state index in [0.29, 0.717) is 12.5 Å². The van der Waals surface area contributed by atoms with Crippen LogP contribution in [0.25, 0.3) is 0 Å². The van der Waals surface area contributed by atoms with E-state index < -0.39 is 0 Å². The summed E-state index contributed by atoms with van der Waals surface area (Å²) >= 11 is 3.41.